The number of benzene rings is 2. The summed E-state index contributed by atoms with van der Waals surface area (Å²) in [4.78, 5) is 0. The third kappa shape index (κ3) is 2.96. The number of hydrogen-bond donors (Lipinski definition) is 2. The molecule has 2 N–H and O–H groups in total. The zero-order valence-corrected chi connectivity index (χ0v) is 10.6. The van der Waals surface area contributed by atoms with Crippen LogP contribution < -0.4 is 10.1 Å². The molecule has 0 aliphatic carbocycles. The van der Waals surface area contributed by atoms with Crippen molar-refractivity contribution in [3.63, 3.8) is 0 Å². The predicted octanol–water partition coefficient (Wildman–Crippen LogP) is 3.43. The van der Waals surface area contributed by atoms with Gasteiger partial charge >= 0.3 is 0 Å². The largest absolute Gasteiger partial charge is 0.507 e. The topological polar surface area (TPSA) is 41.5 Å². The summed E-state index contributed by atoms with van der Waals surface area (Å²) >= 11 is 0. The van der Waals surface area contributed by atoms with Gasteiger partial charge < -0.3 is 15.2 Å². The van der Waals surface area contributed by atoms with Crippen molar-refractivity contribution in [1.29, 1.82) is 0 Å². The molecule has 0 saturated heterocycles. The van der Waals surface area contributed by atoms with Crippen LogP contribution in [-0.4, -0.2) is 12.2 Å². The Hall–Kier alpha value is -2.37. The van der Waals surface area contributed by atoms with Gasteiger partial charge in [0, 0.05) is 30.3 Å². The van der Waals surface area contributed by atoms with Crippen LogP contribution >= 0.6 is 0 Å². The summed E-state index contributed by atoms with van der Waals surface area (Å²) in [6.45, 7) is -0.0186. The highest BCUT2D eigenvalue weighted by atomic mass is 19.1. The van der Waals surface area contributed by atoms with Crippen molar-refractivity contribution in [2.45, 2.75) is 6.54 Å². The highest BCUT2D eigenvalue weighted by Gasteiger charge is 2.12. The van der Waals surface area contributed by atoms with Crippen molar-refractivity contribution >= 4 is 5.69 Å². The molecule has 0 heterocycles. The zero-order valence-electron chi connectivity index (χ0n) is 10.6. The summed E-state index contributed by atoms with van der Waals surface area (Å²) < 4.78 is 44.5. The highest BCUT2D eigenvalue weighted by Crippen LogP contribution is 2.26. The van der Waals surface area contributed by atoms with Gasteiger partial charge in [0.1, 0.15) is 23.0 Å². The van der Waals surface area contributed by atoms with E-state index in [9.17, 15) is 18.3 Å². The third-order valence-electron chi connectivity index (χ3n) is 2.75. The molecule has 0 atom stereocenters. The van der Waals surface area contributed by atoms with Gasteiger partial charge in [-0.2, -0.15) is 0 Å². The van der Waals surface area contributed by atoms with E-state index in [0.717, 1.165) is 0 Å². The smallest absolute Gasteiger partial charge is 0.152 e. The van der Waals surface area contributed by atoms with Crippen LogP contribution in [0.5, 0.6) is 11.5 Å². The quantitative estimate of drug-likeness (QED) is 0.903. The van der Waals surface area contributed by atoms with Gasteiger partial charge in [-0.15, -0.1) is 0 Å². The number of halogens is 3. The molecule has 0 bridgehead atoms. The minimum Gasteiger partial charge on any atom is -0.507 e. The van der Waals surface area contributed by atoms with Crippen molar-refractivity contribution in [3.05, 3.63) is 53.3 Å². The lowest BCUT2D eigenvalue weighted by Gasteiger charge is -2.11. The van der Waals surface area contributed by atoms with Gasteiger partial charge in [0.15, 0.2) is 11.6 Å². The number of aromatic hydroxyl groups is 1. The molecular formula is C14H12F3NO2. The number of anilines is 1. The van der Waals surface area contributed by atoms with Crippen molar-refractivity contribution in [1.82, 2.24) is 0 Å². The Kier molecular flexibility index (Phi) is 4.02. The first-order chi connectivity index (χ1) is 9.51. The summed E-state index contributed by atoms with van der Waals surface area (Å²) in [5.41, 5.74) is -0.0180. The number of nitrogens with one attached hydrogen (secondary N) is 1. The number of phenolic OH excluding ortho intramolecular Hbond substituents is 1. The number of phenols is 1. The lowest BCUT2D eigenvalue weighted by Crippen LogP contribution is -2.04. The van der Waals surface area contributed by atoms with Crippen LogP contribution in [0.2, 0.25) is 0 Å². The molecule has 0 aliphatic heterocycles. The van der Waals surface area contributed by atoms with E-state index in [0.29, 0.717) is 23.4 Å². The monoisotopic (exact) mass is 283 g/mol. The minimum absolute atomic E-state index is 0.0186. The lowest BCUT2D eigenvalue weighted by molar-refractivity contribution is 0.406. The van der Waals surface area contributed by atoms with E-state index in [1.165, 1.54) is 13.2 Å². The summed E-state index contributed by atoms with van der Waals surface area (Å²) in [6.07, 6.45) is 0. The molecule has 0 aliphatic rings. The molecule has 0 amide bonds. The number of rotatable bonds is 4. The maximum Gasteiger partial charge on any atom is 0.152 e. The zero-order chi connectivity index (χ0) is 14.7. The first-order valence-corrected chi connectivity index (χ1v) is 5.75. The molecule has 6 heteroatoms. The number of hydrogen-bond acceptors (Lipinski definition) is 3. The van der Waals surface area contributed by atoms with E-state index in [-0.39, 0.29) is 12.3 Å². The van der Waals surface area contributed by atoms with Crippen molar-refractivity contribution < 1.29 is 23.0 Å². The molecule has 3 nitrogen and oxygen atoms in total. The molecule has 0 spiro atoms. The molecule has 2 aromatic rings. The van der Waals surface area contributed by atoms with Gasteiger partial charge in [0.2, 0.25) is 0 Å². The van der Waals surface area contributed by atoms with Crippen LogP contribution in [0.3, 0.4) is 0 Å². The van der Waals surface area contributed by atoms with Crippen molar-refractivity contribution in [2.75, 3.05) is 12.4 Å². The van der Waals surface area contributed by atoms with Crippen LogP contribution in [0.25, 0.3) is 0 Å². The van der Waals surface area contributed by atoms with Gasteiger partial charge in [-0.3, -0.25) is 0 Å². The summed E-state index contributed by atoms with van der Waals surface area (Å²) in [7, 11) is 1.45. The van der Waals surface area contributed by atoms with E-state index >= 15 is 0 Å². The molecule has 2 aromatic carbocycles. The van der Waals surface area contributed by atoms with E-state index in [1.807, 2.05) is 0 Å². The maximum absolute atomic E-state index is 13.4. The second kappa shape index (κ2) is 5.73. The fourth-order valence-electron chi connectivity index (χ4n) is 1.71. The van der Waals surface area contributed by atoms with Gasteiger partial charge in [-0.25, -0.2) is 13.2 Å². The first kappa shape index (κ1) is 14.0. The molecular weight excluding hydrogens is 271 g/mol. The summed E-state index contributed by atoms with van der Waals surface area (Å²) in [6, 6.07) is 5.71. The predicted molar refractivity (Wildman–Crippen MR) is 68.3 cm³/mol. The van der Waals surface area contributed by atoms with Crippen molar-refractivity contribution in [3.8, 4) is 11.5 Å². The molecule has 2 rings (SSSR count). The second-order valence-electron chi connectivity index (χ2n) is 4.09. The molecule has 0 fully saturated rings. The fourth-order valence-corrected chi connectivity index (χ4v) is 1.71. The minimum atomic E-state index is -1.03. The average molecular weight is 283 g/mol. The number of ether oxygens (including phenoxy) is 1. The Morgan fingerprint density at radius 3 is 2.30 bits per heavy atom. The third-order valence-corrected chi connectivity index (χ3v) is 2.75. The molecule has 0 radical (unpaired) electrons. The Balaban J connectivity index is 2.17. The van der Waals surface area contributed by atoms with Gasteiger partial charge in [-0.05, 0) is 12.1 Å². The summed E-state index contributed by atoms with van der Waals surface area (Å²) in [5.74, 6) is -2.66. The van der Waals surface area contributed by atoms with Crippen molar-refractivity contribution in [2.24, 2.45) is 0 Å². The van der Waals surface area contributed by atoms with Crippen LogP contribution in [0.1, 0.15) is 5.56 Å². The van der Waals surface area contributed by atoms with Crippen LogP contribution in [0.15, 0.2) is 30.3 Å². The molecule has 106 valence electrons. The van der Waals surface area contributed by atoms with Crippen LogP contribution in [0.4, 0.5) is 18.9 Å². The normalized spacial score (nSPS) is 10.4. The van der Waals surface area contributed by atoms with E-state index in [4.69, 9.17) is 4.74 Å². The van der Waals surface area contributed by atoms with E-state index < -0.39 is 23.1 Å². The Morgan fingerprint density at radius 1 is 1.10 bits per heavy atom. The SMILES string of the molecule is COc1ccc(CNc2c(F)cc(F)cc2F)c(O)c1. The first-order valence-electron chi connectivity index (χ1n) is 5.75. The van der Waals surface area contributed by atoms with Crippen LogP contribution in [0, 0.1) is 17.5 Å². The maximum atomic E-state index is 13.4. The van der Waals surface area contributed by atoms with Gasteiger partial charge in [0.25, 0.3) is 0 Å². The molecule has 0 unspecified atom stereocenters. The van der Waals surface area contributed by atoms with Gasteiger partial charge in [-0.1, -0.05) is 0 Å². The summed E-state index contributed by atoms with van der Waals surface area (Å²) in [5, 5.41) is 12.2. The van der Waals surface area contributed by atoms with Crippen LogP contribution in [-0.2, 0) is 6.54 Å². The second-order valence-corrected chi connectivity index (χ2v) is 4.09. The lowest BCUT2D eigenvalue weighted by atomic mass is 10.2. The molecule has 0 aromatic heterocycles. The molecule has 20 heavy (non-hydrogen) atoms. The van der Waals surface area contributed by atoms with Gasteiger partial charge in [0.05, 0.1) is 7.11 Å². The Morgan fingerprint density at radius 2 is 1.75 bits per heavy atom. The Bertz CT molecular complexity index is 609. The molecule has 0 saturated carbocycles. The standard InChI is InChI=1S/C14H12F3NO2/c1-20-10-3-2-8(13(19)6-10)7-18-14-11(16)4-9(15)5-12(14)17/h2-6,18-19H,7H2,1H3. The highest BCUT2D eigenvalue weighted by molar-refractivity contribution is 5.48. The fraction of sp³-hybridized carbons (Fsp3) is 0.143. The Labute approximate surface area is 113 Å². The van der Waals surface area contributed by atoms with E-state index in [2.05, 4.69) is 5.32 Å². The number of methoxy groups -OCH3 is 1. The average Bonchev–Trinajstić information content (AvgIpc) is 2.39. The van der Waals surface area contributed by atoms with E-state index in [1.54, 1.807) is 12.1 Å².